The van der Waals surface area contributed by atoms with Crippen molar-refractivity contribution in [2.45, 2.75) is 6.92 Å². The van der Waals surface area contributed by atoms with Gasteiger partial charge in [-0.2, -0.15) is 0 Å². The Labute approximate surface area is 87.3 Å². The molecule has 15 heavy (non-hydrogen) atoms. The molecule has 0 amide bonds. The first-order chi connectivity index (χ1) is 7.29. The highest BCUT2D eigenvalue weighted by Gasteiger charge is 2.10. The van der Waals surface area contributed by atoms with E-state index in [9.17, 15) is 0 Å². The Kier molecular flexibility index (Phi) is 1.54. The summed E-state index contributed by atoms with van der Waals surface area (Å²) in [5, 5.41) is 3.39. The second kappa shape index (κ2) is 2.76. The molecule has 0 fully saturated rings. The standard InChI is InChI=1S/C13H11NO/c1-8-12(14)10-5-3-2-4-9(10)11-6-7-15-13(8)11/h2-7H,14H2,1H3. The molecule has 0 aliphatic rings. The number of anilines is 1. The lowest BCUT2D eigenvalue weighted by molar-refractivity contribution is 0.613. The van der Waals surface area contributed by atoms with Crippen molar-refractivity contribution >= 4 is 27.4 Å². The van der Waals surface area contributed by atoms with Crippen molar-refractivity contribution in [2.75, 3.05) is 5.73 Å². The van der Waals surface area contributed by atoms with E-state index in [1.54, 1.807) is 6.26 Å². The Balaban J connectivity index is 2.70. The van der Waals surface area contributed by atoms with Gasteiger partial charge in [0, 0.05) is 22.0 Å². The van der Waals surface area contributed by atoms with Gasteiger partial charge >= 0.3 is 0 Å². The summed E-state index contributed by atoms with van der Waals surface area (Å²) in [5.74, 6) is 0. The fourth-order valence-electron chi connectivity index (χ4n) is 2.09. The zero-order chi connectivity index (χ0) is 10.4. The minimum absolute atomic E-state index is 0.813. The van der Waals surface area contributed by atoms with E-state index in [1.165, 1.54) is 0 Å². The van der Waals surface area contributed by atoms with E-state index < -0.39 is 0 Å². The quantitative estimate of drug-likeness (QED) is 0.560. The van der Waals surface area contributed by atoms with Gasteiger partial charge in [-0.05, 0) is 18.4 Å². The molecule has 0 aliphatic heterocycles. The van der Waals surface area contributed by atoms with Gasteiger partial charge in [-0.15, -0.1) is 0 Å². The Hall–Kier alpha value is -1.96. The maximum Gasteiger partial charge on any atom is 0.139 e. The van der Waals surface area contributed by atoms with Crippen LogP contribution in [0.5, 0.6) is 0 Å². The molecule has 0 unspecified atom stereocenters. The molecular weight excluding hydrogens is 186 g/mol. The van der Waals surface area contributed by atoms with Crippen LogP contribution in [0.1, 0.15) is 5.56 Å². The Bertz CT molecular complexity index is 652. The van der Waals surface area contributed by atoms with Crippen molar-refractivity contribution < 1.29 is 4.42 Å². The maximum atomic E-state index is 6.08. The lowest BCUT2D eigenvalue weighted by Gasteiger charge is -2.06. The Morgan fingerprint density at radius 3 is 2.53 bits per heavy atom. The number of nitrogen functional groups attached to an aromatic ring is 1. The Morgan fingerprint density at radius 1 is 1.00 bits per heavy atom. The van der Waals surface area contributed by atoms with Gasteiger partial charge in [0.1, 0.15) is 5.58 Å². The summed E-state index contributed by atoms with van der Waals surface area (Å²) in [7, 11) is 0. The second-order valence-corrected chi connectivity index (χ2v) is 3.75. The SMILES string of the molecule is Cc1c(N)c2ccccc2c2ccoc12. The van der Waals surface area contributed by atoms with E-state index in [1.807, 2.05) is 31.2 Å². The van der Waals surface area contributed by atoms with E-state index in [4.69, 9.17) is 10.2 Å². The first-order valence-electron chi connectivity index (χ1n) is 4.93. The molecule has 0 saturated carbocycles. The molecule has 74 valence electrons. The molecule has 1 heterocycles. The largest absolute Gasteiger partial charge is 0.464 e. The number of fused-ring (bicyclic) bond motifs is 3. The molecule has 2 N–H and O–H groups in total. The van der Waals surface area contributed by atoms with Crippen molar-refractivity contribution in [3.05, 3.63) is 42.2 Å². The number of benzene rings is 2. The molecule has 1 aromatic heterocycles. The minimum atomic E-state index is 0.813. The zero-order valence-electron chi connectivity index (χ0n) is 8.45. The molecule has 0 bridgehead atoms. The van der Waals surface area contributed by atoms with Crippen LogP contribution in [0.4, 0.5) is 5.69 Å². The van der Waals surface area contributed by atoms with Crippen LogP contribution in [0, 0.1) is 6.92 Å². The van der Waals surface area contributed by atoms with Crippen molar-refractivity contribution in [3.8, 4) is 0 Å². The molecule has 0 atom stereocenters. The molecular formula is C13H11NO. The molecule has 2 aromatic carbocycles. The van der Waals surface area contributed by atoms with Crippen LogP contribution in [0.2, 0.25) is 0 Å². The summed E-state index contributed by atoms with van der Waals surface area (Å²) in [5.41, 5.74) is 8.81. The highest BCUT2D eigenvalue weighted by molar-refractivity contribution is 6.12. The van der Waals surface area contributed by atoms with Crippen molar-refractivity contribution in [1.29, 1.82) is 0 Å². The molecule has 2 heteroatoms. The molecule has 3 rings (SSSR count). The molecule has 0 aliphatic carbocycles. The van der Waals surface area contributed by atoms with Crippen LogP contribution in [0.25, 0.3) is 21.7 Å². The van der Waals surface area contributed by atoms with E-state index in [0.717, 1.165) is 33.0 Å². The van der Waals surface area contributed by atoms with Crippen LogP contribution < -0.4 is 5.73 Å². The smallest absolute Gasteiger partial charge is 0.139 e. The first-order valence-corrected chi connectivity index (χ1v) is 4.93. The van der Waals surface area contributed by atoms with E-state index in [0.29, 0.717) is 0 Å². The summed E-state index contributed by atoms with van der Waals surface area (Å²) in [4.78, 5) is 0. The average Bonchev–Trinajstić information content (AvgIpc) is 2.75. The van der Waals surface area contributed by atoms with Crippen LogP contribution in [0.15, 0.2) is 41.0 Å². The van der Waals surface area contributed by atoms with E-state index in [2.05, 4.69) is 6.07 Å². The normalized spacial score (nSPS) is 11.3. The van der Waals surface area contributed by atoms with Gasteiger partial charge in [-0.25, -0.2) is 0 Å². The lowest BCUT2D eigenvalue weighted by Crippen LogP contribution is -1.91. The minimum Gasteiger partial charge on any atom is -0.464 e. The van der Waals surface area contributed by atoms with E-state index >= 15 is 0 Å². The molecule has 2 nitrogen and oxygen atoms in total. The van der Waals surface area contributed by atoms with E-state index in [-0.39, 0.29) is 0 Å². The van der Waals surface area contributed by atoms with Crippen LogP contribution >= 0.6 is 0 Å². The molecule has 0 radical (unpaired) electrons. The van der Waals surface area contributed by atoms with Crippen molar-refractivity contribution in [2.24, 2.45) is 0 Å². The van der Waals surface area contributed by atoms with Crippen LogP contribution in [-0.4, -0.2) is 0 Å². The van der Waals surface area contributed by atoms with Gasteiger partial charge < -0.3 is 10.2 Å². The van der Waals surface area contributed by atoms with Gasteiger partial charge in [0.15, 0.2) is 0 Å². The highest BCUT2D eigenvalue weighted by atomic mass is 16.3. The maximum absolute atomic E-state index is 6.08. The molecule has 0 spiro atoms. The van der Waals surface area contributed by atoms with Gasteiger partial charge in [-0.3, -0.25) is 0 Å². The number of rotatable bonds is 0. The Morgan fingerprint density at radius 2 is 1.73 bits per heavy atom. The fourth-order valence-corrected chi connectivity index (χ4v) is 2.09. The third-order valence-corrected chi connectivity index (χ3v) is 2.92. The fraction of sp³-hybridized carbons (Fsp3) is 0.0769. The predicted molar refractivity (Wildman–Crippen MR) is 62.9 cm³/mol. The summed E-state index contributed by atoms with van der Waals surface area (Å²) >= 11 is 0. The van der Waals surface area contributed by atoms with Gasteiger partial charge in [-0.1, -0.05) is 24.3 Å². The second-order valence-electron chi connectivity index (χ2n) is 3.75. The average molecular weight is 197 g/mol. The molecule has 3 aromatic rings. The molecule has 0 saturated heterocycles. The number of hydrogen-bond donors (Lipinski definition) is 1. The monoisotopic (exact) mass is 197 g/mol. The number of aryl methyl sites for hydroxylation is 1. The van der Waals surface area contributed by atoms with Crippen molar-refractivity contribution in [1.82, 2.24) is 0 Å². The van der Waals surface area contributed by atoms with Crippen LogP contribution in [0.3, 0.4) is 0 Å². The lowest BCUT2D eigenvalue weighted by atomic mass is 10.0. The van der Waals surface area contributed by atoms with Gasteiger partial charge in [0.25, 0.3) is 0 Å². The van der Waals surface area contributed by atoms with Gasteiger partial charge in [0.05, 0.1) is 6.26 Å². The third kappa shape index (κ3) is 0.988. The highest BCUT2D eigenvalue weighted by Crippen LogP contribution is 2.34. The topological polar surface area (TPSA) is 39.2 Å². The zero-order valence-corrected chi connectivity index (χ0v) is 8.45. The summed E-state index contributed by atoms with van der Waals surface area (Å²) < 4.78 is 5.46. The number of furan rings is 1. The predicted octanol–water partition coefficient (Wildman–Crippen LogP) is 3.48. The third-order valence-electron chi connectivity index (χ3n) is 2.92. The van der Waals surface area contributed by atoms with Crippen LogP contribution in [-0.2, 0) is 0 Å². The van der Waals surface area contributed by atoms with Crippen molar-refractivity contribution in [3.63, 3.8) is 0 Å². The van der Waals surface area contributed by atoms with Gasteiger partial charge in [0.2, 0.25) is 0 Å². The summed E-state index contributed by atoms with van der Waals surface area (Å²) in [6, 6.07) is 10.1. The first kappa shape index (κ1) is 8.36. The summed E-state index contributed by atoms with van der Waals surface area (Å²) in [6.45, 7) is 1.99. The summed E-state index contributed by atoms with van der Waals surface area (Å²) in [6.07, 6.45) is 1.71. The number of hydrogen-bond acceptors (Lipinski definition) is 2. The number of nitrogens with two attached hydrogens (primary N) is 1.